The molecule has 1 aromatic carbocycles. The van der Waals surface area contributed by atoms with Gasteiger partial charge in [0.25, 0.3) is 5.91 Å². The van der Waals surface area contributed by atoms with Crippen LogP contribution in [-0.2, 0) is 4.79 Å². The lowest BCUT2D eigenvalue weighted by Gasteiger charge is -2.18. The third-order valence-electron chi connectivity index (χ3n) is 2.42. The SMILES string of the molecule is CC(C)[C@H](NC(=O)c1cc(Br)ccc1O)C(=O)O. The number of nitrogens with one attached hydrogen (secondary N) is 1. The number of carboxylic acid groups (broad SMARTS) is 1. The summed E-state index contributed by atoms with van der Waals surface area (Å²) in [6.45, 7) is 3.39. The van der Waals surface area contributed by atoms with Gasteiger partial charge in [-0.05, 0) is 24.1 Å². The Kier molecular flexibility index (Phi) is 4.72. The van der Waals surface area contributed by atoms with Crippen molar-refractivity contribution in [2.75, 3.05) is 0 Å². The quantitative estimate of drug-likeness (QED) is 0.793. The highest BCUT2D eigenvalue weighted by atomic mass is 79.9. The maximum absolute atomic E-state index is 11.9. The normalized spacial score (nSPS) is 12.2. The highest BCUT2D eigenvalue weighted by molar-refractivity contribution is 9.10. The molecule has 0 aliphatic heterocycles. The molecule has 0 aliphatic carbocycles. The van der Waals surface area contributed by atoms with E-state index in [4.69, 9.17) is 5.11 Å². The molecule has 0 unspecified atom stereocenters. The molecule has 0 aromatic heterocycles. The fourth-order valence-electron chi connectivity index (χ4n) is 1.42. The molecule has 0 heterocycles. The lowest BCUT2D eigenvalue weighted by atomic mass is 10.0. The molecule has 1 rings (SSSR count). The second-order valence-electron chi connectivity index (χ2n) is 4.19. The molecule has 0 saturated carbocycles. The van der Waals surface area contributed by atoms with Crippen LogP contribution in [-0.4, -0.2) is 28.1 Å². The summed E-state index contributed by atoms with van der Waals surface area (Å²) in [6.07, 6.45) is 0. The van der Waals surface area contributed by atoms with Crippen molar-refractivity contribution in [1.82, 2.24) is 5.32 Å². The zero-order chi connectivity index (χ0) is 13.9. The highest BCUT2D eigenvalue weighted by Crippen LogP contribution is 2.22. The number of halogens is 1. The lowest BCUT2D eigenvalue weighted by molar-refractivity contribution is -0.140. The van der Waals surface area contributed by atoms with Gasteiger partial charge >= 0.3 is 5.97 Å². The number of aromatic hydroxyl groups is 1. The molecule has 0 radical (unpaired) electrons. The Morgan fingerprint density at radius 3 is 2.44 bits per heavy atom. The second-order valence-corrected chi connectivity index (χ2v) is 5.11. The van der Waals surface area contributed by atoms with Gasteiger partial charge in [-0.3, -0.25) is 4.79 Å². The Labute approximate surface area is 113 Å². The van der Waals surface area contributed by atoms with Gasteiger partial charge in [-0.2, -0.15) is 0 Å². The number of phenolic OH excluding ortho intramolecular Hbond substituents is 1. The fourth-order valence-corrected chi connectivity index (χ4v) is 1.78. The van der Waals surface area contributed by atoms with Crippen LogP contribution in [0.15, 0.2) is 22.7 Å². The van der Waals surface area contributed by atoms with Crippen molar-refractivity contribution in [1.29, 1.82) is 0 Å². The molecule has 0 spiro atoms. The predicted octanol–water partition coefficient (Wildman–Crippen LogP) is 1.99. The van der Waals surface area contributed by atoms with Crippen LogP contribution in [0.4, 0.5) is 0 Å². The summed E-state index contributed by atoms with van der Waals surface area (Å²) in [6, 6.07) is 3.40. The zero-order valence-corrected chi connectivity index (χ0v) is 11.6. The summed E-state index contributed by atoms with van der Waals surface area (Å²) in [4.78, 5) is 22.9. The minimum Gasteiger partial charge on any atom is -0.507 e. The molecule has 0 fully saturated rings. The number of aliphatic carboxylic acids is 1. The topological polar surface area (TPSA) is 86.6 Å². The van der Waals surface area contributed by atoms with Crippen molar-refractivity contribution in [2.24, 2.45) is 5.92 Å². The first-order chi connectivity index (χ1) is 8.32. The third kappa shape index (κ3) is 3.46. The van der Waals surface area contributed by atoms with Gasteiger partial charge in [-0.1, -0.05) is 29.8 Å². The first-order valence-corrected chi connectivity index (χ1v) is 6.14. The summed E-state index contributed by atoms with van der Waals surface area (Å²) in [5, 5.41) is 20.9. The van der Waals surface area contributed by atoms with E-state index in [1.54, 1.807) is 19.9 Å². The van der Waals surface area contributed by atoms with E-state index in [2.05, 4.69) is 21.2 Å². The molecule has 98 valence electrons. The Bertz CT molecular complexity index is 473. The van der Waals surface area contributed by atoms with Crippen molar-refractivity contribution in [3.63, 3.8) is 0 Å². The van der Waals surface area contributed by atoms with E-state index in [1.165, 1.54) is 12.1 Å². The summed E-state index contributed by atoms with van der Waals surface area (Å²) in [5.74, 6) is -2.16. The monoisotopic (exact) mass is 315 g/mol. The van der Waals surface area contributed by atoms with Crippen molar-refractivity contribution in [2.45, 2.75) is 19.9 Å². The standard InChI is InChI=1S/C12H14BrNO4/c1-6(2)10(12(17)18)14-11(16)8-5-7(13)3-4-9(8)15/h3-6,10,15H,1-2H3,(H,14,16)(H,17,18)/t10-/m0/s1. The minimum absolute atomic E-state index is 0.0382. The summed E-state index contributed by atoms with van der Waals surface area (Å²) in [5.41, 5.74) is 0.0382. The highest BCUT2D eigenvalue weighted by Gasteiger charge is 2.25. The van der Waals surface area contributed by atoms with Gasteiger partial charge in [0, 0.05) is 4.47 Å². The van der Waals surface area contributed by atoms with Gasteiger partial charge in [-0.25, -0.2) is 4.79 Å². The Hall–Kier alpha value is -1.56. The van der Waals surface area contributed by atoms with Crippen LogP contribution in [0.5, 0.6) is 5.75 Å². The van der Waals surface area contributed by atoms with Gasteiger partial charge in [0.15, 0.2) is 0 Å². The predicted molar refractivity (Wildman–Crippen MR) is 69.5 cm³/mol. The number of carbonyl (C=O) groups excluding carboxylic acids is 1. The maximum Gasteiger partial charge on any atom is 0.326 e. The van der Waals surface area contributed by atoms with Crippen LogP contribution in [0.3, 0.4) is 0 Å². The molecule has 1 aromatic rings. The number of hydrogen-bond donors (Lipinski definition) is 3. The third-order valence-corrected chi connectivity index (χ3v) is 2.92. The van der Waals surface area contributed by atoms with E-state index in [1.807, 2.05) is 0 Å². The molecular formula is C12H14BrNO4. The number of carboxylic acids is 1. The van der Waals surface area contributed by atoms with Crippen LogP contribution in [0, 0.1) is 5.92 Å². The van der Waals surface area contributed by atoms with E-state index >= 15 is 0 Å². The number of phenols is 1. The molecule has 0 saturated heterocycles. The van der Waals surface area contributed by atoms with Crippen LogP contribution in [0.1, 0.15) is 24.2 Å². The molecule has 0 bridgehead atoms. The average Bonchev–Trinajstić information content (AvgIpc) is 2.28. The van der Waals surface area contributed by atoms with Crippen molar-refractivity contribution in [3.8, 4) is 5.75 Å². The Morgan fingerprint density at radius 1 is 1.33 bits per heavy atom. The number of rotatable bonds is 4. The largest absolute Gasteiger partial charge is 0.507 e. The van der Waals surface area contributed by atoms with Gasteiger partial charge in [0.2, 0.25) is 0 Å². The first kappa shape index (κ1) is 14.5. The van der Waals surface area contributed by atoms with E-state index < -0.39 is 17.9 Å². The van der Waals surface area contributed by atoms with Crippen LogP contribution in [0.2, 0.25) is 0 Å². The van der Waals surface area contributed by atoms with Gasteiger partial charge < -0.3 is 15.5 Å². The number of hydrogen-bond acceptors (Lipinski definition) is 3. The summed E-state index contributed by atoms with van der Waals surface area (Å²) >= 11 is 3.18. The van der Waals surface area contributed by atoms with Gasteiger partial charge in [0.1, 0.15) is 11.8 Å². The summed E-state index contributed by atoms with van der Waals surface area (Å²) < 4.78 is 0.627. The smallest absolute Gasteiger partial charge is 0.326 e. The maximum atomic E-state index is 11.9. The van der Waals surface area contributed by atoms with E-state index in [-0.39, 0.29) is 17.2 Å². The Balaban J connectivity index is 2.94. The molecule has 1 amide bonds. The molecular weight excluding hydrogens is 302 g/mol. The molecule has 0 aliphatic rings. The lowest BCUT2D eigenvalue weighted by Crippen LogP contribution is -2.44. The minimum atomic E-state index is -1.10. The van der Waals surface area contributed by atoms with E-state index in [0.29, 0.717) is 4.47 Å². The fraction of sp³-hybridized carbons (Fsp3) is 0.333. The van der Waals surface area contributed by atoms with Crippen molar-refractivity contribution in [3.05, 3.63) is 28.2 Å². The first-order valence-electron chi connectivity index (χ1n) is 5.35. The Morgan fingerprint density at radius 2 is 1.94 bits per heavy atom. The van der Waals surface area contributed by atoms with Crippen molar-refractivity contribution < 1.29 is 19.8 Å². The number of carbonyl (C=O) groups is 2. The van der Waals surface area contributed by atoms with Gasteiger partial charge in [-0.15, -0.1) is 0 Å². The van der Waals surface area contributed by atoms with Crippen LogP contribution < -0.4 is 5.32 Å². The second kappa shape index (κ2) is 5.86. The van der Waals surface area contributed by atoms with Crippen LogP contribution >= 0.6 is 15.9 Å². The molecule has 6 heteroatoms. The molecule has 18 heavy (non-hydrogen) atoms. The number of benzene rings is 1. The van der Waals surface area contributed by atoms with Crippen LogP contribution in [0.25, 0.3) is 0 Å². The molecule has 3 N–H and O–H groups in total. The zero-order valence-electron chi connectivity index (χ0n) is 9.98. The average molecular weight is 316 g/mol. The summed E-state index contributed by atoms with van der Waals surface area (Å²) in [7, 11) is 0. The molecule has 5 nitrogen and oxygen atoms in total. The number of amides is 1. The van der Waals surface area contributed by atoms with Gasteiger partial charge in [0.05, 0.1) is 5.56 Å². The van der Waals surface area contributed by atoms with E-state index in [0.717, 1.165) is 0 Å². The van der Waals surface area contributed by atoms with E-state index in [9.17, 15) is 14.7 Å². The molecule has 1 atom stereocenters. The van der Waals surface area contributed by atoms with Crippen molar-refractivity contribution >= 4 is 27.8 Å².